The van der Waals surface area contributed by atoms with E-state index in [1.807, 2.05) is 0 Å². The smallest absolute Gasteiger partial charge is 0.247 e. The zero-order valence-electron chi connectivity index (χ0n) is 23.1. The number of aromatic nitrogens is 3. The first-order valence-electron chi connectivity index (χ1n) is 13.8. The normalized spacial score (nSPS) is 14.1. The third-order valence-electron chi connectivity index (χ3n) is 7.14. The van der Waals surface area contributed by atoms with Crippen LogP contribution in [0.4, 0.5) is 21.6 Å². The van der Waals surface area contributed by atoms with Crippen molar-refractivity contribution in [3.05, 3.63) is 79.5 Å². The zero-order valence-corrected chi connectivity index (χ0v) is 23.1. The summed E-state index contributed by atoms with van der Waals surface area (Å²) in [6, 6.07) is 13.6. The van der Waals surface area contributed by atoms with Crippen LogP contribution in [-0.4, -0.2) is 76.5 Å². The maximum atomic E-state index is 14.4. The Labute approximate surface area is 239 Å². The SMILES string of the molecule is C=CC(=O)Nc1cc2c(Nc3ccnc(-c4ccccc4F)c3)ncnc2cc1OCCCN1CCN(CC)CC1. The van der Waals surface area contributed by atoms with Gasteiger partial charge >= 0.3 is 0 Å². The molecule has 0 unspecified atom stereocenters. The van der Waals surface area contributed by atoms with E-state index in [2.05, 4.69) is 48.9 Å². The number of likely N-dealkylation sites (N-methyl/N-ethyl adjacent to an activating group) is 1. The Morgan fingerprint density at radius 1 is 1.07 bits per heavy atom. The highest BCUT2D eigenvalue weighted by molar-refractivity contribution is 6.03. The molecule has 9 nitrogen and oxygen atoms in total. The number of nitrogens with zero attached hydrogens (tertiary/aromatic N) is 5. The number of amides is 1. The molecule has 212 valence electrons. The van der Waals surface area contributed by atoms with Crippen LogP contribution in [0, 0.1) is 5.82 Å². The van der Waals surface area contributed by atoms with Gasteiger partial charge in [0.25, 0.3) is 0 Å². The number of ether oxygens (including phenoxy) is 1. The lowest BCUT2D eigenvalue weighted by molar-refractivity contribution is -0.111. The Morgan fingerprint density at radius 2 is 1.88 bits per heavy atom. The predicted molar refractivity (Wildman–Crippen MR) is 160 cm³/mol. The van der Waals surface area contributed by atoms with E-state index >= 15 is 0 Å². The Morgan fingerprint density at radius 3 is 2.66 bits per heavy atom. The molecule has 0 bridgehead atoms. The van der Waals surface area contributed by atoms with Crippen molar-refractivity contribution in [2.24, 2.45) is 0 Å². The average molecular weight is 556 g/mol. The Hall–Kier alpha value is -4.41. The zero-order chi connectivity index (χ0) is 28.6. The molecule has 10 heteroatoms. The standard InChI is InChI=1S/C31H34FN7O2/c1-3-30(40)37-28-19-24-27(20-29(28)41-17-7-12-39-15-13-38(4-2)14-16-39)34-21-35-31(24)36-22-10-11-33-26(18-22)23-8-5-6-9-25(23)32/h3,5-6,8-11,18-21H,1,4,7,12-17H2,2H3,(H,37,40)(H,33,34,35,36). The summed E-state index contributed by atoms with van der Waals surface area (Å²) in [5, 5.41) is 6.82. The molecule has 1 fully saturated rings. The quantitative estimate of drug-likeness (QED) is 0.195. The van der Waals surface area contributed by atoms with E-state index in [4.69, 9.17) is 4.74 Å². The average Bonchev–Trinajstić information content (AvgIpc) is 3.00. The minimum Gasteiger partial charge on any atom is -0.491 e. The Balaban J connectivity index is 1.34. The number of nitrogens with one attached hydrogen (secondary N) is 2. The van der Waals surface area contributed by atoms with E-state index in [0.29, 0.717) is 51.7 Å². The van der Waals surface area contributed by atoms with Crippen molar-refractivity contribution in [1.29, 1.82) is 0 Å². The van der Waals surface area contributed by atoms with Crippen molar-refractivity contribution in [3.63, 3.8) is 0 Å². The van der Waals surface area contributed by atoms with Gasteiger partial charge in [0.1, 0.15) is 23.7 Å². The topological polar surface area (TPSA) is 95.5 Å². The van der Waals surface area contributed by atoms with E-state index in [9.17, 15) is 9.18 Å². The molecule has 1 aliphatic rings. The van der Waals surface area contributed by atoms with Gasteiger partial charge in [-0.2, -0.15) is 0 Å². The van der Waals surface area contributed by atoms with Gasteiger partial charge in [0, 0.05) is 61.6 Å². The third-order valence-corrected chi connectivity index (χ3v) is 7.14. The summed E-state index contributed by atoms with van der Waals surface area (Å²) in [6.45, 7) is 12.6. The van der Waals surface area contributed by atoms with Crippen LogP contribution in [-0.2, 0) is 4.79 Å². The molecule has 0 saturated carbocycles. The van der Waals surface area contributed by atoms with Crippen molar-refractivity contribution >= 4 is 34.0 Å². The van der Waals surface area contributed by atoms with Crippen molar-refractivity contribution in [3.8, 4) is 17.0 Å². The van der Waals surface area contributed by atoms with Gasteiger partial charge in [-0.3, -0.25) is 9.78 Å². The second kappa shape index (κ2) is 13.3. The minimum absolute atomic E-state index is 0.348. The van der Waals surface area contributed by atoms with Crippen molar-refractivity contribution in [2.75, 3.05) is 56.5 Å². The fraction of sp³-hybridized carbons (Fsp3) is 0.290. The minimum atomic E-state index is -0.349. The van der Waals surface area contributed by atoms with Crippen LogP contribution in [0.15, 0.2) is 73.7 Å². The van der Waals surface area contributed by atoms with Gasteiger partial charge in [-0.1, -0.05) is 25.6 Å². The molecule has 1 aliphatic heterocycles. The van der Waals surface area contributed by atoms with Crippen molar-refractivity contribution in [2.45, 2.75) is 13.3 Å². The highest BCUT2D eigenvalue weighted by Crippen LogP contribution is 2.34. The molecule has 0 radical (unpaired) electrons. The molecule has 2 aromatic heterocycles. The van der Waals surface area contributed by atoms with Crippen molar-refractivity contribution in [1.82, 2.24) is 24.8 Å². The van der Waals surface area contributed by atoms with Crippen LogP contribution >= 0.6 is 0 Å². The molecule has 2 N–H and O–H groups in total. The Kier molecular flexibility index (Phi) is 9.12. The molecule has 0 atom stereocenters. The van der Waals surface area contributed by atoms with E-state index in [1.165, 1.54) is 18.5 Å². The molecule has 2 aromatic carbocycles. The predicted octanol–water partition coefficient (Wildman–Crippen LogP) is 5.11. The molecule has 1 saturated heterocycles. The van der Waals surface area contributed by atoms with Gasteiger partial charge in [0.05, 0.1) is 23.5 Å². The summed E-state index contributed by atoms with van der Waals surface area (Å²) >= 11 is 0. The first kappa shape index (κ1) is 28.1. The number of pyridine rings is 1. The molecule has 1 amide bonds. The highest BCUT2D eigenvalue weighted by atomic mass is 19.1. The number of halogens is 1. The van der Waals surface area contributed by atoms with E-state index in [0.717, 1.165) is 45.7 Å². The number of benzene rings is 2. The van der Waals surface area contributed by atoms with Gasteiger partial charge in [-0.05, 0) is 49.4 Å². The van der Waals surface area contributed by atoms with Gasteiger partial charge < -0.3 is 25.2 Å². The molecule has 5 rings (SSSR count). The number of carbonyl (C=O) groups excluding carboxylic acids is 1. The number of piperazine rings is 1. The molecular weight excluding hydrogens is 521 g/mol. The molecular formula is C31H34FN7O2. The second-order valence-corrected chi connectivity index (χ2v) is 9.79. The fourth-order valence-corrected chi connectivity index (χ4v) is 4.85. The number of anilines is 3. The highest BCUT2D eigenvalue weighted by Gasteiger charge is 2.16. The molecule has 3 heterocycles. The molecule has 4 aromatic rings. The number of hydrogen-bond acceptors (Lipinski definition) is 8. The number of hydrogen-bond donors (Lipinski definition) is 2. The molecule has 0 spiro atoms. The van der Waals surface area contributed by atoms with Crippen molar-refractivity contribution < 1.29 is 13.9 Å². The van der Waals surface area contributed by atoms with E-state index in [-0.39, 0.29) is 11.7 Å². The van der Waals surface area contributed by atoms with Gasteiger partial charge in [-0.25, -0.2) is 14.4 Å². The summed E-state index contributed by atoms with van der Waals surface area (Å²) in [4.78, 5) is 30.4. The maximum absolute atomic E-state index is 14.4. The fourth-order valence-electron chi connectivity index (χ4n) is 4.85. The molecule has 41 heavy (non-hydrogen) atoms. The van der Waals surface area contributed by atoms with Crippen LogP contribution in [0.5, 0.6) is 5.75 Å². The van der Waals surface area contributed by atoms with Crippen LogP contribution in [0.25, 0.3) is 22.2 Å². The first-order chi connectivity index (χ1) is 20.0. The lowest BCUT2D eigenvalue weighted by Crippen LogP contribution is -2.46. The van der Waals surface area contributed by atoms with Crippen LogP contribution in [0.1, 0.15) is 13.3 Å². The second-order valence-electron chi connectivity index (χ2n) is 9.79. The van der Waals surface area contributed by atoms with Crippen LogP contribution < -0.4 is 15.4 Å². The van der Waals surface area contributed by atoms with Gasteiger partial charge in [0.15, 0.2) is 0 Å². The summed E-state index contributed by atoms with van der Waals surface area (Å²) < 4.78 is 20.5. The maximum Gasteiger partial charge on any atom is 0.247 e. The van der Waals surface area contributed by atoms with Crippen LogP contribution in [0.2, 0.25) is 0 Å². The number of fused-ring (bicyclic) bond motifs is 1. The number of carbonyl (C=O) groups is 1. The first-order valence-corrected chi connectivity index (χ1v) is 13.8. The largest absolute Gasteiger partial charge is 0.491 e. The summed E-state index contributed by atoms with van der Waals surface area (Å²) in [5.74, 6) is 0.350. The summed E-state index contributed by atoms with van der Waals surface area (Å²) in [5.41, 5.74) is 2.72. The van der Waals surface area contributed by atoms with Gasteiger partial charge in [0.2, 0.25) is 5.91 Å². The third kappa shape index (κ3) is 7.03. The summed E-state index contributed by atoms with van der Waals surface area (Å²) in [7, 11) is 0. The monoisotopic (exact) mass is 555 g/mol. The van der Waals surface area contributed by atoms with E-state index in [1.54, 1.807) is 48.7 Å². The molecule has 0 aliphatic carbocycles. The summed E-state index contributed by atoms with van der Waals surface area (Å²) in [6.07, 6.45) is 5.15. The van der Waals surface area contributed by atoms with Gasteiger partial charge in [-0.15, -0.1) is 0 Å². The van der Waals surface area contributed by atoms with E-state index < -0.39 is 0 Å². The lowest BCUT2D eigenvalue weighted by Gasteiger charge is -2.33. The lowest BCUT2D eigenvalue weighted by atomic mass is 10.1. The Bertz CT molecular complexity index is 1520. The van der Waals surface area contributed by atoms with Crippen LogP contribution in [0.3, 0.4) is 0 Å². The number of rotatable bonds is 11.